The highest BCUT2D eigenvalue weighted by molar-refractivity contribution is 7.99. The first-order valence-electron chi connectivity index (χ1n) is 8.53. The molecule has 0 saturated carbocycles. The molecule has 0 aliphatic heterocycles. The molecule has 2 rings (SSSR count). The van der Waals surface area contributed by atoms with Crippen LogP contribution in [0.3, 0.4) is 0 Å². The van der Waals surface area contributed by atoms with Crippen LogP contribution in [0.1, 0.15) is 18.1 Å². The number of hydrogen-bond acceptors (Lipinski definition) is 5. The first-order chi connectivity index (χ1) is 13.8. The molecule has 0 unspecified atom stereocenters. The van der Waals surface area contributed by atoms with Gasteiger partial charge in [0.25, 0.3) is 11.7 Å². The van der Waals surface area contributed by atoms with Gasteiger partial charge in [-0.3, -0.25) is 4.79 Å². The second-order valence-electron chi connectivity index (χ2n) is 6.02. The van der Waals surface area contributed by atoms with Gasteiger partial charge in [-0.05, 0) is 49.8 Å². The van der Waals surface area contributed by atoms with E-state index in [0.29, 0.717) is 27.9 Å². The molecular weight excluding hydrogens is 398 g/mol. The third-order valence-corrected chi connectivity index (χ3v) is 4.45. The molecule has 29 heavy (non-hydrogen) atoms. The van der Waals surface area contributed by atoms with E-state index >= 15 is 0 Å². The molecule has 0 saturated heterocycles. The summed E-state index contributed by atoms with van der Waals surface area (Å²) in [5, 5.41) is 11.7. The van der Waals surface area contributed by atoms with Gasteiger partial charge >= 0.3 is 5.97 Å². The van der Waals surface area contributed by atoms with E-state index in [-0.39, 0.29) is 5.57 Å². The monoisotopic (exact) mass is 416 g/mol. The first kappa shape index (κ1) is 22.1. The fourth-order valence-corrected chi connectivity index (χ4v) is 2.71. The summed E-state index contributed by atoms with van der Waals surface area (Å²) in [7, 11) is 0. The third kappa shape index (κ3) is 7.05. The van der Waals surface area contributed by atoms with Gasteiger partial charge in [0.15, 0.2) is 6.10 Å². The maximum atomic E-state index is 12.3. The highest BCUT2D eigenvalue weighted by Gasteiger charge is 2.20. The molecule has 1 amide bonds. The molecule has 5 nitrogen and oxygen atoms in total. The summed E-state index contributed by atoms with van der Waals surface area (Å²) in [5.74, 6) is -4.06. The zero-order valence-electron chi connectivity index (χ0n) is 15.7. The molecule has 0 bridgehead atoms. The van der Waals surface area contributed by atoms with E-state index in [0.717, 1.165) is 5.56 Å². The molecule has 0 aliphatic carbocycles. The number of aryl methyl sites for hydroxylation is 1. The van der Waals surface area contributed by atoms with E-state index in [4.69, 9.17) is 4.74 Å². The summed E-state index contributed by atoms with van der Waals surface area (Å²) in [6.45, 7) is 3.29. The first-order valence-corrected chi connectivity index (χ1v) is 9.41. The van der Waals surface area contributed by atoms with Gasteiger partial charge in [0.1, 0.15) is 11.6 Å². The third-order valence-electron chi connectivity index (χ3n) is 3.73. The van der Waals surface area contributed by atoms with Gasteiger partial charge < -0.3 is 10.1 Å². The van der Waals surface area contributed by atoms with Crippen LogP contribution in [0, 0.1) is 18.3 Å². The second-order valence-corrected chi connectivity index (χ2v) is 7.08. The number of anilines is 1. The van der Waals surface area contributed by atoms with Gasteiger partial charge in [-0.1, -0.05) is 41.6 Å². The van der Waals surface area contributed by atoms with Crippen LogP contribution in [-0.2, 0) is 14.3 Å². The van der Waals surface area contributed by atoms with Gasteiger partial charge in [0.2, 0.25) is 0 Å². The molecule has 0 aliphatic rings. The Morgan fingerprint density at radius 1 is 1.14 bits per heavy atom. The summed E-state index contributed by atoms with van der Waals surface area (Å²) in [4.78, 5) is 24.8. The lowest BCUT2D eigenvalue weighted by Crippen LogP contribution is -2.30. The minimum absolute atomic E-state index is 0.234. The van der Waals surface area contributed by atoms with E-state index < -0.39 is 23.7 Å². The van der Waals surface area contributed by atoms with E-state index in [1.165, 1.54) is 37.3 Å². The van der Waals surface area contributed by atoms with Crippen molar-refractivity contribution >= 4 is 35.4 Å². The number of carbonyl (C=O) groups excluding carboxylic acids is 2. The number of benzene rings is 2. The molecule has 8 heteroatoms. The minimum atomic E-state index is -2.53. The summed E-state index contributed by atoms with van der Waals surface area (Å²) >= 11 is 0.396. The maximum absolute atomic E-state index is 12.3. The zero-order valence-corrected chi connectivity index (χ0v) is 16.5. The number of nitrogens with one attached hydrogen (secondary N) is 1. The minimum Gasteiger partial charge on any atom is -0.448 e. The second kappa shape index (κ2) is 10.4. The van der Waals surface area contributed by atoms with Crippen molar-refractivity contribution in [3.05, 3.63) is 65.2 Å². The van der Waals surface area contributed by atoms with Crippen molar-refractivity contribution in [2.45, 2.75) is 30.6 Å². The fraction of sp³-hybridized carbons (Fsp3) is 0.190. The zero-order chi connectivity index (χ0) is 21.4. The number of nitriles is 1. The van der Waals surface area contributed by atoms with Gasteiger partial charge in [-0.15, -0.1) is 0 Å². The molecule has 150 valence electrons. The van der Waals surface area contributed by atoms with Crippen molar-refractivity contribution in [2.24, 2.45) is 0 Å². The lowest BCUT2D eigenvalue weighted by molar-refractivity contribution is -0.148. The van der Waals surface area contributed by atoms with Crippen molar-refractivity contribution in [3.63, 3.8) is 0 Å². The molecule has 2 aromatic rings. The molecule has 2 aromatic carbocycles. The van der Waals surface area contributed by atoms with Crippen LogP contribution in [-0.4, -0.2) is 23.7 Å². The number of ether oxygens (including phenoxy) is 1. The number of hydrogen-bond donors (Lipinski definition) is 1. The number of alkyl halides is 2. The average Bonchev–Trinajstić information content (AvgIpc) is 2.68. The molecule has 0 heterocycles. The number of thioether (sulfide) groups is 1. The number of nitrogens with zero attached hydrogens (tertiary/aromatic N) is 1. The highest BCUT2D eigenvalue weighted by Crippen LogP contribution is 2.26. The summed E-state index contributed by atoms with van der Waals surface area (Å²) in [6, 6.07) is 14.8. The normalized spacial score (nSPS) is 12.2. The standard InChI is InChI=1S/C21H18F2N2O3S/c1-13-3-5-15(6-4-13)11-16(12-24)20(27)28-14(2)19(26)25-17-7-9-18(10-8-17)29-21(22)23/h3-11,14,21H,1-2H3,(H,25,26)/b16-11+/t14-/m0/s1. The molecular formula is C21H18F2N2O3S. The van der Waals surface area contributed by atoms with E-state index in [1.54, 1.807) is 18.2 Å². The van der Waals surface area contributed by atoms with Crippen molar-refractivity contribution in [1.82, 2.24) is 0 Å². The van der Waals surface area contributed by atoms with Crippen LogP contribution in [0.5, 0.6) is 0 Å². The summed E-state index contributed by atoms with van der Waals surface area (Å²) in [6.07, 6.45) is 0.221. The van der Waals surface area contributed by atoms with Crippen molar-refractivity contribution in [3.8, 4) is 6.07 Å². The van der Waals surface area contributed by atoms with Crippen LogP contribution < -0.4 is 5.32 Å². The number of carbonyl (C=O) groups is 2. The quantitative estimate of drug-likeness (QED) is 0.304. The van der Waals surface area contributed by atoms with E-state index in [9.17, 15) is 23.6 Å². The fourth-order valence-electron chi connectivity index (χ4n) is 2.21. The maximum Gasteiger partial charge on any atom is 0.349 e. The van der Waals surface area contributed by atoms with Gasteiger partial charge in [-0.25, -0.2) is 4.79 Å². The predicted octanol–water partition coefficient (Wildman–Crippen LogP) is 4.79. The Kier molecular flexibility index (Phi) is 7.92. The smallest absolute Gasteiger partial charge is 0.349 e. The van der Waals surface area contributed by atoms with Crippen molar-refractivity contribution in [1.29, 1.82) is 5.26 Å². The Morgan fingerprint density at radius 3 is 2.31 bits per heavy atom. The van der Waals surface area contributed by atoms with Crippen molar-refractivity contribution in [2.75, 3.05) is 5.32 Å². The van der Waals surface area contributed by atoms with Crippen LogP contribution >= 0.6 is 11.8 Å². The SMILES string of the molecule is Cc1ccc(/C=C(\C#N)C(=O)O[C@@H](C)C(=O)Nc2ccc(SC(F)F)cc2)cc1. The summed E-state index contributed by atoms with van der Waals surface area (Å²) in [5.41, 5.74) is 1.83. The van der Waals surface area contributed by atoms with Crippen LogP contribution in [0.2, 0.25) is 0 Å². The molecule has 1 N–H and O–H groups in total. The number of rotatable bonds is 7. The Bertz CT molecular complexity index is 936. The number of esters is 1. The van der Waals surface area contributed by atoms with Crippen molar-refractivity contribution < 1.29 is 23.1 Å². The summed E-state index contributed by atoms with van der Waals surface area (Å²) < 4.78 is 29.7. The molecule has 0 radical (unpaired) electrons. The lowest BCUT2D eigenvalue weighted by atomic mass is 10.1. The molecule has 0 fully saturated rings. The number of amides is 1. The van der Waals surface area contributed by atoms with E-state index in [1.807, 2.05) is 19.1 Å². The van der Waals surface area contributed by atoms with E-state index in [2.05, 4.69) is 5.32 Å². The Hall–Kier alpha value is -3.18. The Balaban J connectivity index is 1.97. The van der Waals surface area contributed by atoms with Crippen LogP contribution in [0.4, 0.5) is 14.5 Å². The molecule has 1 atom stereocenters. The lowest BCUT2D eigenvalue weighted by Gasteiger charge is -2.13. The van der Waals surface area contributed by atoms with Gasteiger partial charge in [-0.2, -0.15) is 14.0 Å². The Labute approximate surface area is 171 Å². The topological polar surface area (TPSA) is 79.2 Å². The average molecular weight is 416 g/mol. The van der Waals surface area contributed by atoms with Crippen LogP contribution in [0.15, 0.2) is 59.0 Å². The number of halogens is 2. The molecule has 0 spiro atoms. The van der Waals surface area contributed by atoms with Gasteiger partial charge in [0.05, 0.1) is 0 Å². The van der Waals surface area contributed by atoms with Gasteiger partial charge in [0, 0.05) is 10.6 Å². The molecule has 0 aromatic heterocycles. The van der Waals surface area contributed by atoms with Crippen LogP contribution in [0.25, 0.3) is 6.08 Å². The highest BCUT2D eigenvalue weighted by atomic mass is 32.2. The largest absolute Gasteiger partial charge is 0.448 e. The Morgan fingerprint density at radius 2 is 1.76 bits per heavy atom. The predicted molar refractivity (Wildman–Crippen MR) is 107 cm³/mol.